The lowest BCUT2D eigenvalue weighted by Gasteiger charge is -2.21. The van der Waals surface area contributed by atoms with Crippen molar-refractivity contribution >= 4 is 23.5 Å². The van der Waals surface area contributed by atoms with Crippen molar-refractivity contribution in [2.24, 2.45) is 23.7 Å². The third kappa shape index (κ3) is 3.08. The zero-order valence-electron chi connectivity index (χ0n) is 14.9. The van der Waals surface area contributed by atoms with Gasteiger partial charge in [0.15, 0.2) is 0 Å². The second-order valence-electron chi connectivity index (χ2n) is 7.93. The SMILES string of the molecule is Cc1ccc(N2CC(C(=O)N3C[C@H](C(=O)O)[C@@H](C4CC4)C3)CC2=O)cc1. The highest BCUT2D eigenvalue weighted by Crippen LogP contribution is 2.44. The fraction of sp³-hybridized carbons (Fsp3) is 0.550. The minimum absolute atomic E-state index is 0.0417. The first-order chi connectivity index (χ1) is 12.4. The molecule has 1 saturated carbocycles. The van der Waals surface area contributed by atoms with Crippen molar-refractivity contribution in [3.8, 4) is 0 Å². The van der Waals surface area contributed by atoms with Gasteiger partial charge in [-0.25, -0.2) is 0 Å². The molecular formula is C20H24N2O4. The largest absolute Gasteiger partial charge is 0.481 e. The summed E-state index contributed by atoms with van der Waals surface area (Å²) in [6.45, 7) is 3.17. The van der Waals surface area contributed by atoms with E-state index in [-0.39, 0.29) is 36.6 Å². The Morgan fingerprint density at radius 2 is 1.77 bits per heavy atom. The maximum Gasteiger partial charge on any atom is 0.308 e. The Hall–Kier alpha value is -2.37. The van der Waals surface area contributed by atoms with E-state index in [1.807, 2.05) is 31.2 Å². The fourth-order valence-corrected chi connectivity index (χ4v) is 4.38. The molecule has 26 heavy (non-hydrogen) atoms. The van der Waals surface area contributed by atoms with Crippen LogP contribution in [0.15, 0.2) is 24.3 Å². The van der Waals surface area contributed by atoms with Gasteiger partial charge < -0.3 is 14.9 Å². The van der Waals surface area contributed by atoms with Crippen molar-refractivity contribution in [2.75, 3.05) is 24.5 Å². The third-order valence-electron chi connectivity index (χ3n) is 6.04. The molecule has 6 nitrogen and oxygen atoms in total. The summed E-state index contributed by atoms with van der Waals surface area (Å²) in [6, 6.07) is 7.71. The van der Waals surface area contributed by atoms with E-state index in [1.165, 1.54) is 0 Å². The van der Waals surface area contributed by atoms with Gasteiger partial charge in [0.1, 0.15) is 0 Å². The van der Waals surface area contributed by atoms with Gasteiger partial charge in [-0.05, 0) is 43.7 Å². The second-order valence-corrected chi connectivity index (χ2v) is 7.93. The number of rotatable bonds is 4. The van der Waals surface area contributed by atoms with Crippen LogP contribution in [0.25, 0.3) is 0 Å². The molecule has 4 rings (SSSR count). The zero-order valence-corrected chi connectivity index (χ0v) is 14.9. The van der Waals surface area contributed by atoms with E-state index in [1.54, 1.807) is 9.80 Å². The van der Waals surface area contributed by atoms with Gasteiger partial charge >= 0.3 is 5.97 Å². The number of carboxylic acids is 1. The topological polar surface area (TPSA) is 77.9 Å². The van der Waals surface area contributed by atoms with Crippen LogP contribution in [0.2, 0.25) is 0 Å². The number of anilines is 1. The summed E-state index contributed by atoms with van der Waals surface area (Å²) in [5.74, 6) is -1.24. The highest BCUT2D eigenvalue weighted by molar-refractivity contribution is 6.00. The number of aliphatic carboxylic acids is 1. The minimum Gasteiger partial charge on any atom is -0.481 e. The minimum atomic E-state index is -0.805. The van der Waals surface area contributed by atoms with Crippen LogP contribution < -0.4 is 4.90 Å². The number of carbonyl (C=O) groups excluding carboxylic acids is 2. The first kappa shape index (κ1) is 17.1. The molecule has 2 amide bonds. The summed E-state index contributed by atoms with van der Waals surface area (Å²) < 4.78 is 0. The van der Waals surface area contributed by atoms with Crippen molar-refractivity contribution < 1.29 is 19.5 Å². The molecule has 0 aromatic heterocycles. The predicted octanol–water partition coefficient (Wildman–Crippen LogP) is 1.92. The Kier molecular flexibility index (Phi) is 4.21. The number of nitrogens with zero attached hydrogens (tertiary/aromatic N) is 2. The van der Waals surface area contributed by atoms with Gasteiger partial charge in [0.05, 0.1) is 11.8 Å². The van der Waals surface area contributed by atoms with E-state index in [0.717, 1.165) is 24.1 Å². The molecule has 2 aliphatic heterocycles. The number of hydrogen-bond donors (Lipinski definition) is 1. The van der Waals surface area contributed by atoms with Gasteiger partial charge in [0, 0.05) is 31.7 Å². The van der Waals surface area contributed by atoms with Crippen LogP contribution in [-0.4, -0.2) is 47.4 Å². The van der Waals surface area contributed by atoms with Crippen molar-refractivity contribution in [3.05, 3.63) is 29.8 Å². The molecule has 2 heterocycles. The van der Waals surface area contributed by atoms with Gasteiger partial charge in [-0.2, -0.15) is 0 Å². The summed E-state index contributed by atoms with van der Waals surface area (Å²) in [4.78, 5) is 40.3. The number of hydrogen-bond acceptors (Lipinski definition) is 3. The van der Waals surface area contributed by atoms with Crippen LogP contribution in [0.4, 0.5) is 5.69 Å². The standard InChI is InChI=1S/C20H24N2O4/c1-12-2-6-15(7-3-12)22-9-14(8-18(22)23)19(24)21-10-16(13-4-5-13)17(11-21)20(25)26/h2-3,6-7,13-14,16-17H,4-5,8-11H2,1H3,(H,25,26)/t14?,16-,17+/m1/s1. The lowest BCUT2D eigenvalue weighted by molar-refractivity contribution is -0.143. The van der Waals surface area contributed by atoms with Crippen LogP contribution in [0.1, 0.15) is 24.8 Å². The molecule has 6 heteroatoms. The lowest BCUT2D eigenvalue weighted by Crippen LogP contribution is -2.36. The summed E-state index contributed by atoms with van der Waals surface area (Å²) in [7, 11) is 0. The average Bonchev–Trinajstić information content (AvgIpc) is 3.24. The van der Waals surface area contributed by atoms with Crippen LogP contribution in [0, 0.1) is 30.6 Å². The summed E-state index contributed by atoms with van der Waals surface area (Å²) in [5, 5.41) is 9.48. The Labute approximate surface area is 152 Å². The van der Waals surface area contributed by atoms with E-state index in [9.17, 15) is 19.5 Å². The number of likely N-dealkylation sites (tertiary alicyclic amines) is 1. The Morgan fingerprint density at radius 3 is 2.38 bits per heavy atom. The van der Waals surface area contributed by atoms with E-state index in [4.69, 9.17) is 0 Å². The quantitative estimate of drug-likeness (QED) is 0.894. The maximum absolute atomic E-state index is 12.9. The van der Waals surface area contributed by atoms with Gasteiger partial charge in [-0.1, -0.05) is 17.7 Å². The highest BCUT2D eigenvalue weighted by atomic mass is 16.4. The number of benzene rings is 1. The van der Waals surface area contributed by atoms with Crippen molar-refractivity contribution in [3.63, 3.8) is 0 Å². The first-order valence-electron chi connectivity index (χ1n) is 9.32. The molecule has 0 radical (unpaired) electrons. The van der Waals surface area contributed by atoms with Crippen molar-refractivity contribution in [1.82, 2.24) is 4.90 Å². The third-order valence-corrected chi connectivity index (χ3v) is 6.04. The predicted molar refractivity (Wildman–Crippen MR) is 95.6 cm³/mol. The van der Waals surface area contributed by atoms with Crippen LogP contribution in [0.3, 0.4) is 0 Å². The molecule has 3 atom stereocenters. The maximum atomic E-state index is 12.9. The molecule has 3 fully saturated rings. The highest BCUT2D eigenvalue weighted by Gasteiger charge is 2.48. The van der Waals surface area contributed by atoms with Gasteiger partial charge in [0.25, 0.3) is 0 Å². The zero-order chi connectivity index (χ0) is 18.4. The molecule has 1 N–H and O–H groups in total. The van der Waals surface area contributed by atoms with Gasteiger partial charge in [0.2, 0.25) is 11.8 Å². The number of amides is 2. The molecule has 2 saturated heterocycles. The molecular weight excluding hydrogens is 332 g/mol. The Balaban J connectivity index is 1.45. The second kappa shape index (κ2) is 6.41. The molecule has 3 aliphatic rings. The van der Waals surface area contributed by atoms with Gasteiger partial charge in [-0.3, -0.25) is 14.4 Å². The van der Waals surface area contributed by atoms with E-state index >= 15 is 0 Å². The normalized spacial score (nSPS) is 28.7. The number of carbonyl (C=O) groups is 3. The van der Waals surface area contributed by atoms with Crippen LogP contribution in [-0.2, 0) is 14.4 Å². The molecule has 1 aromatic rings. The van der Waals surface area contributed by atoms with E-state index in [2.05, 4.69) is 0 Å². The molecule has 1 aliphatic carbocycles. The van der Waals surface area contributed by atoms with Crippen LogP contribution >= 0.6 is 0 Å². The fourth-order valence-electron chi connectivity index (χ4n) is 4.38. The molecule has 1 unspecified atom stereocenters. The monoisotopic (exact) mass is 356 g/mol. The molecule has 0 spiro atoms. The molecule has 0 bridgehead atoms. The lowest BCUT2D eigenvalue weighted by atomic mass is 9.92. The van der Waals surface area contributed by atoms with E-state index < -0.39 is 11.9 Å². The Bertz CT molecular complexity index is 741. The Morgan fingerprint density at radius 1 is 1.08 bits per heavy atom. The summed E-state index contributed by atoms with van der Waals surface area (Å²) in [5.41, 5.74) is 1.94. The first-order valence-corrected chi connectivity index (χ1v) is 9.32. The molecule has 1 aromatic carbocycles. The van der Waals surface area contributed by atoms with Gasteiger partial charge in [-0.15, -0.1) is 0 Å². The van der Waals surface area contributed by atoms with Crippen molar-refractivity contribution in [2.45, 2.75) is 26.2 Å². The van der Waals surface area contributed by atoms with E-state index in [0.29, 0.717) is 19.0 Å². The number of aryl methyl sites for hydroxylation is 1. The smallest absolute Gasteiger partial charge is 0.308 e. The van der Waals surface area contributed by atoms with Crippen LogP contribution in [0.5, 0.6) is 0 Å². The summed E-state index contributed by atoms with van der Waals surface area (Å²) in [6.07, 6.45) is 2.34. The van der Waals surface area contributed by atoms with Crippen molar-refractivity contribution in [1.29, 1.82) is 0 Å². The number of carboxylic acid groups (broad SMARTS) is 1. The molecule has 138 valence electrons. The summed E-state index contributed by atoms with van der Waals surface area (Å²) >= 11 is 0. The average molecular weight is 356 g/mol.